The summed E-state index contributed by atoms with van der Waals surface area (Å²) in [5.41, 5.74) is -0.638. The second kappa shape index (κ2) is 15.8. The summed E-state index contributed by atoms with van der Waals surface area (Å²) >= 11 is 0. The molecule has 4 N–H and O–H groups in total. The molecule has 13 heteroatoms. The van der Waals surface area contributed by atoms with Crippen LogP contribution in [0.5, 0.6) is 0 Å². The van der Waals surface area contributed by atoms with E-state index in [1.807, 2.05) is 27.7 Å². The van der Waals surface area contributed by atoms with Crippen LogP contribution in [-0.4, -0.2) is 86.9 Å². The molecule has 4 fully saturated rings. The molecule has 13 nitrogen and oxygen atoms in total. The molecule has 3 aliphatic carbocycles. The van der Waals surface area contributed by atoms with E-state index in [9.17, 15) is 28.8 Å². The number of hydrogen-bond acceptors (Lipinski definition) is 8. The summed E-state index contributed by atoms with van der Waals surface area (Å²) in [6.07, 6.45) is 13.9. The Kier molecular flexibility index (Phi) is 11.7. The van der Waals surface area contributed by atoms with Crippen molar-refractivity contribution in [2.45, 2.75) is 135 Å². The number of amides is 5. The van der Waals surface area contributed by atoms with Crippen molar-refractivity contribution < 1.29 is 28.8 Å². The summed E-state index contributed by atoms with van der Waals surface area (Å²) in [7, 11) is 0. The van der Waals surface area contributed by atoms with Gasteiger partial charge in [0.25, 0.3) is 11.8 Å². The molecule has 4 aliphatic rings. The fourth-order valence-corrected chi connectivity index (χ4v) is 7.87. The number of nitrogens with one attached hydrogen (secondary N) is 4. The highest BCUT2D eigenvalue weighted by atomic mass is 16.2. The van der Waals surface area contributed by atoms with Crippen LogP contribution in [0.4, 0.5) is 0 Å². The number of hydrogen-bond donors (Lipinski definition) is 4. The molecule has 1 aromatic heterocycles. The van der Waals surface area contributed by atoms with Crippen LogP contribution in [0, 0.1) is 23.2 Å². The quantitative estimate of drug-likeness (QED) is 0.230. The first-order valence-corrected chi connectivity index (χ1v) is 18.2. The van der Waals surface area contributed by atoms with E-state index in [1.54, 1.807) is 4.90 Å². The first-order valence-electron chi connectivity index (χ1n) is 18.2. The monoisotopic (exact) mass is 679 g/mol. The summed E-state index contributed by atoms with van der Waals surface area (Å²) < 4.78 is 0. The Morgan fingerprint density at radius 1 is 0.898 bits per heavy atom. The Morgan fingerprint density at radius 3 is 2.27 bits per heavy atom. The molecule has 268 valence electrons. The minimum Gasteiger partial charge on any atom is -0.347 e. The molecule has 3 saturated carbocycles. The van der Waals surface area contributed by atoms with Gasteiger partial charge in [0, 0.05) is 25.0 Å². The van der Waals surface area contributed by atoms with Gasteiger partial charge in [0.2, 0.25) is 23.5 Å². The fraction of sp³-hybridized carbons (Fsp3) is 0.722. The second-order valence-electron chi connectivity index (χ2n) is 15.5. The van der Waals surface area contributed by atoms with Crippen molar-refractivity contribution in [3.05, 3.63) is 24.3 Å². The first kappa shape index (κ1) is 36.4. The van der Waals surface area contributed by atoms with E-state index in [-0.39, 0.29) is 35.4 Å². The van der Waals surface area contributed by atoms with Gasteiger partial charge in [-0.05, 0) is 68.1 Å². The Morgan fingerprint density at radius 2 is 1.63 bits per heavy atom. The van der Waals surface area contributed by atoms with Crippen LogP contribution >= 0.6 is 0 Å². The van der Waals surface area contributed by atoms with E-state index in [0.29, 0.717) is 19.4 Å². The molecule has 49 heavy (non-hydrogen) atoms. The molecule has 2 heterocycles. The van der Waals surface area contributed by atoms with Crippen LogP contribution in [0.1, 0.15) is 115 Å². The minimum absolute atomic E-state index is 0.0132. The lowest BCUT2D eigenvalue weighted by atomic mass is 9.82. The number of carbonyl (C=O) groups is 6. The highest BCUT2D eigenvalue weighted by Crippen LogP contribution is 2.43. The zero-order valence-electron chi connectivity index (χ0n) is 29.3. The van der Waals surface area contributed by atoms with E-state index < -0.39 is 59.0 Å². The molecule has 3 unspecified atom stereocenters. The van der Waals surface area contributed by atoms with Crippen molar-refractivity contribution in [2.24, 2.45) is 23.2 Å². The van der Waals surface area contributed by atoms with Crippen molar-refractivity contribution in [1.82, 2.24) is 36.1 Å². The zero-order valence-corrected chi connectivity index (χ0v) is 29.3. The highest BCUT2D eigenvalue weighted by molar-refractivity contribution is 6.38. The first-order chi connectivity index (χ1) is 23.4. The number of rotatable bonds is 13. The van der Waals surface area contributed by atoms with E-state index >= 15 is 0 Å². The third-order valence-corrected chi connectivity index (χ3v) is 10.7. The van der Waals surface area contributed by atoms with Crippen molar-refractivity contribution in [1.29, 1.82) is 0 Å². The maximum Gasteiger partial charge on any atom is 0.289 e. The van der Waals surface area contributed by atoms with Gasteiger partial charge in [-0.1, -0.05) is 59.8 Å². The molecule has 0 bridgehead atoms. The predicted molar refractivity (Wildman–Crippen MR) is 181 cm³/mol. The number of likely N-dealkylation sites (tertiary alicyclic amines) is 1. The van der Waals surface area contributed by atoms with Gasteiger partial charge in [-0.25, -0.2) is 4.98 Å². The van der Waals surface area contributed by atoms with Crippen molar-refractivity contribution >= 4 is 35.3 Å². The van der Waals surface area contributed by atoms with Gasteiger partial charge in [0.05, 0.1) is 12.2 Å². The van der Waals surface area contributed by atoms with Crippen LogP contribution in [0.3, 0.4) is 0 Å². The van der Waals surface area contributed by atoms with Gasteiger partial charge in [-0.15, -0.1) is 0 Å². The normalized spacial score (nSPS) is 24.2. The molecule has 5 rings (SSSR count). The van der Waals surface area contributed by atoms with Crippen LogP contribution < -0.4 is 21.3 Å². The molecule has 0 spiro atoms. The van der Waals surface area contributed by atoms with Gasteiger partial charge in [-0.2, -0.15) is 0 Å². The van der Waals surface area contributed by atoms with E-state index in [1.165, 1.54) is 18.6 Å². The average molecular weight is 680 g/mol. The molecule has 1 aliphatic heterocycles. The average Bonchev–Trinajstić information content (AvgIpc) is 3.65. The second-order valence-corrected chi connectivity index (χ2v) is 15.5. The molecule has 5 amide bonds. The van der Waals surface area contributed by atoms with Gasteiger partial charge in [0.15, 0.2) is 0 Å². The maximum atomic E-state index is 14.6. The Balaban J connectivity index is 1.36. The summed E-state index contributed by atoms with van der Waals surface area (Å²) in [4.78, 5) is 91.4. The third kappa shape index (κ3) is 8.83. The molecule has 1 aromatic rings. The van der Waals surface area contributed by atoms with Gasteiger partial charge in [0.1, 0.15) is 23.8 Å². The molecule has 1 saturated heterocycles. The predicted octanol–water partition coefficient (Wildman–Crippen LogP) is 2.45. The molecular formula is C36H53N7O6. The van der Waals surface area contributed by atoms with Crippen molar-refractivity contribution in [2.75, 3.05) is 6.54 Å². The van der Waals surface area contributed by atoms with Crippen LogP contribution in [-0.2, 0) is 24.0 Å². The largest absolute Gasteiger partial charge is 0.347 e. The number of nitrogens with zero attached hydrogens (tertiary/aromatic N) is 3. The number of fused-ring (bicyclic) bond motifs is 1. The number of ketones is 1. The lowest BCUT2D eigenvalue weighted by molar-refractivity contribution is -0.146. The summed E-state index contributed by atoms with van der Waals surface area (Å²) in [6.45, 7) is 7.85. The van der Waals surface area contributed by atoms with Crippen LogP contribution in [0.25, 0.3) is 0 Å². The highest BCUT2D eigenvalue weighted by Gasteiger charge is 2.52. The summed E-state index contributed by atoms with van der Waals surface area (Å²) in [6, 6.07) is -3.68. The van der Waals surface area contributed by atoms with Crippen molar-refractivity contribution in [3.8, 4) is 0 Å². The van der Waals surface area contributed by atoms with Crippen LogP contribution in [0.2, 0.25) is 0 Å². The Hall–Kier alpha value is -3.90. The summed E-state index contributed by atoms with van der Waals surface area (Å²) in [5, 5.41) is 11.5. The SMILES string of the molecule is CCCC(NC(=O)[C@@H]1[C@H]2CCC[C@H]2CN1C(=O)C(NC(=O)C(NC(=O)c1cnccn1)C1CCCCC1)C(C)(C)C)C(=O)C(=O)NC1CC1. The lowest BCUT2D eigenvalue weighted by Crippen LogP contribution is -2.62. The molecule has 0 radical (unpaired) electrons. The number of aromatic nitrogens is 2. The topological polar surface area (TPSA) is 180 Å². The minimum atomic E-state index is -0.994. The zero-order chi connectivity index (χ0) is 35.3. The van der Waals surface area contributed by atoms with E-state index in [0.717, 1.165) is 64.2 Å². The Labute approximate surface area is 288 Å². The molecule has 6 atom stereocenters. The smallest absolute Gasteiger partial charge is 0.289 e. The lowest BCUT2D eigenvalue weighted by Gasteiger charge is -2.38. The maximum absolute atomic E-state index is 14.6. The van der Waals surface area contributed by atoms with E-state index in [4.69, 9.17) is 0 Å². The van der Waals surface area contributed by atoms with Gasteiger partial charge in [-0.3, -0.25) is 33.8 Å². The van der Waals surface area contributed by atoms with Crippen LogP contribution in [0.15, 0.2) is 18.6 Å². The van der Waals surface area contributed by atoms with Gasteiger partial charge < -0.3 is 26.2 Å². The van der Waals surface area contributed by atoms with Gasteiger partial charge >= 0.3 is 0 Å². The number of carbonyl (C=O) groups excluding carboxylic acids is 6. The van der Waals surface area contributed by atoms with Crippen molar-refractivity contribution in [3.63, 3.8) is 0 Å². The molecular weight excluding hydrogens is 626 g/mol. The fourth-order valence-electron chi connectivity index (χ4n) is 7.87. The third-order valence-electron chi connectivity index (χ3n) is 10.7. The summed E-state index contributed by atoms with van der Waals surface area (Å²) in [5.74, 6) is -3.20. The number of Topliss-reactive ketones (excluding diaryl/α,β-unsaturated/α-hetero) is 1. The van der Waals surface area contributed by atoms with E-state index in [2.05, 4.69) is 31.2 Å². The standard InChI is InChI=1S/C36H53N7O6/c1-5-10-25(29(44)34(48)39-23-15-16-23)40-33(47)28-24-14-9-13-22(24)20-43(28)35(49)30(36(2,3)4)42-32(46)27(21-11-7-6-8-12-21)41-31(45)26-19-37-17-18-38-26/h17-19,21-25,27-28,30H,5-16,20H2,1-4H3,(H,39,48)(H,40,47)(H,41,45)(H,42,46)/t22-,24-,25?,27?,28-,30?/m0/s1. The Bertz CT molecular complexity index is 1390. The molecule has 0 aromatic carbocycles.